The first-order valence-electron chi connectivity index (χ1n) is 7.84. The largest absolute Gasteiger partial charge is 0.508 e. The van der Waals surface area contributed by atoms with Crippen molar-refractivity contribution in [3.05, 3.63) is 64.7 Å². The minimum atomic E-state index is -0.237. The zero-order valence-electron chi connectivity index (χ0n) is 13.4. The molecule has 3 nitrogen and oxygen atoms in total. The molecule has 0 aromatic heterocycles. The highest BCUT2D eigenvalue weighted by Crippen LogP contribution is 2.35. The van der Waals surface area contributed by atoms with Gasteiger partial charge in [-0.1, -0.05) is 48.9 Å². The number of halogens is 1. The van der Waals surface area contributed by atoms with Gasteiger partial charge in [-0.15, -0.1) is 0 Å². The van der Waals surface area contributed by atoms with Crippen LogP contribution in [0.25, 0.3) is 0 Å². The standard InChI is InChI=1S/C19H22ClNO2/c1-3-13(2)21-19(23)12-16(14-7-5-4-6-8-14)17-11-15(20)9-10-18(17)22/h4-11,13,16,22H,3,12H2,1-2H3,(H,21,23)/t13-,16-/m0/s1. The van der Waals surface area contributed by atoms with Crippen molar-refractivity contribution in [2.24, 2.45) is 0 Å². The first kappa shape index (κ1) is 17.4. The number of hydrogen-bond donors (Lipinski definition) is 2. The SMILES string of the molecule is CC[C@H](C)NC(=O)C[C@@H](c1ccccc1)c1cc(Cl)ccc1O. The van der Waals surface area contributed by atoms with Gasteiger partial charge in [0.25, 0.3) is 0 Å². The monoisotopic (exact) mass is 331 g/mol. The van der Waals surface area contributed by atoms with E-state index in [1.807, 2.05) is 44.2 Å². The molecule has 0 bridgehead atoms. The first-order valence-corrected chi connectivity index (χ1v) is 8.21. The Morgan fingerprint density at radius 2 is 1.91 bits per heavy atom. The zero-order valence-corrected chi connectivity index (χ0v) is 14.2. The van der Waals surface area contributed by atoms with Gasteiger partial charge in [0.15, 0.2) is 0 Å². The van der Waals surface area contributed by atoms with Crippen LogP contribution in [0.4, 0.5) is 0 Å². The van der Waals surface area contributed by atoms with E-state index in [1.54, 1.807) is 18.2 Å². The average Bonchev–Trinajstić information content (AvgIpc) is 2.55. The highest BCUT2D eigenvalue weighted by molar-refractivity contribution is 6.30. The molecule has 2 rings (SSSR count). The second-order valence-corrected chi connectivity index (χ2v) is 6.18. The van der Waals surface area contributed by atoms with Crippen LogP contribution in [0.2, 0.25) is 5.02 Å². The number of phenols is 1. The van der Waals surface area contributed by atoms with Crippen molar-refractivity contribution in [1.29, 1.82) is 0 Å². The van der Waals surface area contributed by atoms with Crippen LogP contribution in [0, 0.1) is 0 Å². The van der Waals surface area contributed by atoms with E-state index in [4.69, 9.17) is 11.6 Å². The summed E-state index contributed by atoms with van der Waals surface area (Å²) in [4.78, 5) is 12.3. The van der Waals surface area contributed by atoms with Gasteiger partial charge >= 0.3 is 0 Å². The summed E-state index contributed by atoms with van der Waals surface area (Å²) in [6, 6.07) is 14.8. The van der Waals surface area contributed by atoms with Crippen LogP contribution in [0.3, 0.4) is 0 Å². The quantitative estimate of drug-likeness (QED) is 0.819. The van der Waals surface area contributed by atoms with Gasteiger partial charge < -0.3 is 10.4 Å². The number of hydrogen-bond acceptors (Lipinski definition) is 2. The van der Waals surface area contributed by atoms with Crippen LogP contribution < -0.4 is 5.32 Å². The molecular weight excluding hydrogens is 310 g/mol. The summed E-state index contributed by atoms with van der Waals surface area (Å²) >= 11 is 6.08. The molecule has 2 N–H and O–H groups in total. The predicted octanol–water partition coefficient (Wildman–Crippen LogP) is 4.48. The summed E-state index contributed by atoms with van der Waals surface area (Å²) in [5.74, 6) is -0.119. The summed E-state index contributed by atoms with van der Waals surface area (Å²) in [6.07, 6.45) is 1.15. The topological polar surface area (TPSA) is 49.3 Å². The van der Waals surface area contributed by atoms with Gasteiger partial charge in [-0.2, -0.15) is 0 Å². The Balaban J connectivity index is 2.33. The van der Waals surface area contributed by atoms with E-state index in [0.29, 0.717) is 10.6 Å². The third-order valence-electron chi connectivity index (χ3n) is 3.98. The normalized spacial score (nSPS) is 13.3. The number of rotatable bonds is 6. The van der Waals surface area contributed by atoms with Gasteiger partial charge in [0, 0.05) is 29.0 Å². The number of amides is 1. The Morgan fingerprint density at radius 1 is 1.22 bits per heavy atom. The number of nitrogens with one attached hydrogen (secondary N) is 1. The van der Waals surface area contributed by atoms with Gasteiger partial charge in [0.2, 0.25) is 5.91 Å². The third-order valence-corrected chi connectivity index (χ3v) is 4.21. The van der Waals surface area contributed by atoms with Crippen LogP contribution in [0.15, 0.2) is 48.5 Å². The highest BCUT2D eigenvalue weighted by atomic mass is 35.5. The molecule has 0 radical (unpaired) electrons. The molecule has 0 saturated carbocycles. The zero-order chi connectivity index (χ0) is 16.8. The molecule has 23 heavy (non-hydrogen) atoms. The van der Waals surface area contributed by atoms with Crippen molar-refractivity contribution in [3.63, 3.8) is 0 Å². The fraction of sp³-hybridized carbons (Fsp3) is 0.316. The molecule has 0 spiro atoms. The molecule has 0 unspecified atom stereocenters. The van der Waals surface area contributed by atoms with Gasteiger partial charge in [-0.05, 0) is 37.1 Å². The molecule has 4 heteroatoms. The maximum atomic E-state index is 12.3. The van der Waals surface area contributed by atoms with Crippen LogP contribution in [0.1, 0.15) is 43.7 Å². The van der Waals surface area contributed by atoms with E-state index >= 15 is 0 Å². The summed E-state index contributed by atoms with van der Waals surface area (Å²) in [5.41, 5.74) is 1.65. The lowest BCUT2D eigenvalue weighted by Gasteiger charge is -2.20. The maximum Gasteiger partial charge on any atom is 0.221 e. The fourth-order valence-electron chi connectivity index (χ4n) is 2.52. The second kappa shape index (κ2) is 8.02. The third kappa shape index (κ3) is 4.73. The molecule has 2 atom stereocenters. The Morgan fingerprint density at radius 3 is 2.57 bits per heavy atom. The van der Waals surface area contributed by atoms with Crippen LogP contribution in [0.5, 0.6) is 5.75 Å². The molecular formula is C19H22ClNO2. The van der Waals surface area contributed by atoms with Crippen LogP contribution in [-0.4, -0.2) is 17.1 Å². The lowest BCUT2D eigenvalue weighted by Crippen LogP contribution is -2.33. The van der Waals surface area contributed by atoms with Gasteiger partial charge in [0.1, 0.15) is 5.75 Å². The minimum absolute atomic E-state index is 0.0346. The molecule has 0 saturated heterocycles. The molecule has 0 aliphatic carbocycles. The molecule has 2 aromatic carbocycles. The van der Waals surface area contributed by atoms with Crippen molar-refractivity contribution in [3.8, 4) is 5.75 Å². The lowest BCUT2D eigenvalue weighted by atomic mass is 9.87. The van der Waals surface area contributed by atoms with E-state index in [9.17, 15) is 9.90 Å². The number of benzene rings is 2. The first-order chi connectivity index (χ1) is 11.0. The molecule has 0 aliphatic rings. The molecule has 0 aliphatic heterocycles. The molecule has 2 aromatic rings. The maximum absolute atomic E-state index is 12.3. The number of aromatic hydroxyl groups is 1. The second-order valence-electron chi connectivity index (χ2n) is 5.75. The minimum Gasteiger partial charge on any atom is -0.508 e. The van der Waals surface area contributed by atoms with E-state index in [2.05, 4.69) is 5.32 Å². The van der Waals surface area contributed by atoms with Gasteiger partial charge in [-0.25, -0.2) is 0 Å². The van der Waals surface area contributed by atoms with E-state index < -0.39 is 0 Å². The Labute approximate surface area is 142 Å². The van der Waals surface area contributed by atoms with Crippen molar-refractivity contribution < 1.29 is 9.90 Å². The summed E-state index contributed by atoms with van der Waals surface area (Å²) in [6.45, 7) is 4.01. The lowest BCUT2D eigenvalue weighted by molar-refractivity contribution is -0.121. The van der Waals surface area contributed by atoms with Crippen molar-refractivity contribution in [2.45, 2.75) is 38.6 Å². The van der Waals surface area contributed by atoms with E-state index in [-0.39, 0.29) is 30.0 Å². The molecule has 0 heterocycles. The predicted molar refractivity (Wildman–Crippen MR) is 93.9 cm³/mol. The Kier molecular flexibility index (Phi) is 6.05. The Bertz CT molecular complexity index is 658. The number of carbonyl (C=O) groups excluding carboxylic acids is 1. The number of carbonyl (C=O) groups is 1. The average molecular weight is 332 g/mol. The number of phenolic OH excluding ortho intramolecular Hbond substituents is 1. The summed E-state index contributed by atoms with van der Waals surface area (Å²) in [5, 5.41) is 13.7. The summed E-state index contributed by atoms with van der Waals surface area (Å²) < 4.78 is 0. The van der Waals surface area contributed by atoms with Crippen molar-refractivity contribution >= 4 is 17.5 Å². The Hall–Kier alpha value is -2.00. The fourth-order valence-corrected chi connectivity index (χ4v) is 2.70. The highest BCUT2D eigenvalue weighted by Gasteiger charge is 2.22. The molecule has 122 valence electrons. The van der Waals surface area contributed by atoms with Crippen LogP contribution in [-0.2, 0) is 4.79 Å². The van der Waals surface area contributed by atoms with Gasteiger partial charge in [0.05, 0.1) is 0 Å². The van der Waals surface area contributed by atoms with E-state index in [1.165, 1.54) is 0 Å². The molecule has 0 fully saturated rings. The summed E-state index contributed by atoms with van der Waals surface area (Å²) in [7, 11) is 0. The smallest absolute Gasteiger partial charge is 0.221 e. The van der Waals surface area contributed by atoms with Crippen LogP contribution >= 0.6 is 11.6 Å². The van der Waals surface area contributed by atoms with Gasteiger partial charge in [-0.3, -0.25) is 4.79 Å². The van der Waals surface area contributed by atoms with Crippen molar-refractivity contribution in [2.75, 3.05) is 0 Å². The molecule has 1 amide bonds. The van der Waals surface area contributed by atoms with E-state index in [0.717, 1.165) is 12.0 Å². The van der Waals surface area contributed by atoms with Crippen molar-refractivity contribution in [1.82, 2.24) is 5.32 Å².